The van der Waals surface area contributed by atoms with Crippen LogP contribution in [0.1, 0.15) is 50.5 Å². The van der Waals surface area contributed by atoms with Gasteiger partial charge in [-0.1, -0.05) is 31.0 Å². The average Bonchev–Trinajstić information content (AvgIpc) is 3.29. The molecule has 2 aliphatic rings. The molecule has 0 saturated heterocycles. The molecule has 0 spiro atoms. The Morgan fingerprint density at radius 3 is 2.47 bits per heavy atom. The minimum Gasteiger partial charge on any atom is -0.481 e. The van der Waals surface area contributed by atoms with Crippen molar-refractivity contribution in [3.63, 3.8) is 0 Å². The normalized spacial score (nSPS) is 19.6. The van der Waals surface area contributed by atoms with Crippen LogP contribution in [0.3, 0.4) is 0 Å². The number of para-hydroxylation sites is 1. The fourth-order valence-electron chi connectivity index (χ4n) is 5.21. The quantitative estimate of drug-likeness (QED) is 0.493. The van der Waals surface area contributed by atoms with Gasteiger partial charge in [0.25, 0.3) is 0 Å². The van der Waals surface area contributed by atoms with E-state index in [0.717, 1.165) is 18.4 Å². The first-order chi connectivity index (χ1) is 17.1. The maximum atomic E-state index is 13.7. The number of benzene rings is 1. The lowest BCUT2D eigenvalue weighted by Crippen LogP contribution is -2.53. The lowest BCUT2D eigenvalue weighted by atomic mass is 9.75. The molecule has 196 valence electrons. The molecule has 1 heterocycles. The Hall–Kier alpha value is -3.43. The summed E-state index contributed by atoms with van der Waals surface area (Å²) < 4.78 is 4.78. The second-order valence-corrected chi connectivity index (χ2v) is 9.91. The first-order valence-corrected chi connectivity index (χ1v) is 12.3. The molecule has 3 rings (SSSR count). The molecule has 2 atom stereocenters. The van der Waals surface area contributed by atoms with Crippen molar-refractivity contribution in [2.24, 2.45) is 11.3 Å². The zero-order chi connectivity index (χ0) is 26.5. The molecule has 1 aliphatic heterocycles. The second kappa shape index (κ2) is 11.5. The van der Waals surface area contributed by atoms with Gasteiger partial charge in [-0.3, -0.25) is 28.9 Å². The zero-order valence-electron chi connectivity index (χ0n) is 21.1. The summed E-state index contributed by atoms with van der Waals surface area (Å²) in [5, 5.41) is 12.7. The summed E-state index contributed by atoms with van der Waals surface area (Å²) in [7, 11) is 4.38. The number of rotatable bonds is 9. The van der Waals surface area contributed by atoms with Crippen LogP contribution in [-0.2, 0) is 35.1 Å². The minimum absolute atomic E-state index is 0.0285. The molecule has 0 aromatic heterocycles. The van der Waals surface area contributed by atoms with Crippen molar-refractivity contribution in [2.45, 2.75) is 57.4 Å². The number of amides is 3. The van der Waals surface area contributed by atoms with Crippen LogP contribution in [0.4, 0.5) is 5.69 Å². The van der Waals surface area contributed by atoms with Gasteiger partial charge >= 0.3 is 11.9 Å². The molecule has 36 heavy (non-hydrogen) atoms. The summed E-state index contributed by atoms with van der Waals surface area (Å²) in [5.41, 5.74) is 0.519. The van der Waals surface area contributed by atoms with Crippen LogP contribution < -0.4 is 10.2 Å². The maximum absolute atomic E-state index is 13.7. The predicted molar refractivity (Wildman–Crippen MR) is 131 cm³/mol. The van der Waals surface area contributed by atoms with E-state index in [9.17, 15) is 29.1 Å². The van der Waals surface area contributed by atoms with Gasteiger partial charge in [0, 0.05) is 26.2 Å². The van der Waals surface area contributed by atoms with E-state index >= 15 is 0 Å². The van der Waals surface area contributed by atoms with Crippen molar-refractivity contribution in [1.29, 1.82) is 0 Å². The third-order valence-electron chi connectivity index (χ3n) is 7.32. The molecule has 10 nitrogen and oxygen atoms in total. The zero-order valence-corrected chi connectivity index (χ0v) is 21.1. The summed E-state index contributed by atoms with van der Waals surface area (Å²) in [4.78, 5) is 66.2. The van der Waals surface area contributed by atoms with E-state index in [1.807, 2.05) is 12.1 Å². The molecule has 0 bridgehead atoms. The van der Waals surface area contributed by atoms with Crippen molar-refractivity contribution in [3.05, 3.63) is 29.8 Å². The molecule has 3 amide bonds. The SMILES string of the molecule is COC(=O)CN1C(=O)C(NC(=O)C2(CC(CC(=O)N(C)C)C(=O)O)CCCC2)CCc2ccccc21. The number of esters is 1. The van der Waals surface area contributed by atoms with E-state index < -0.39 is 35.2 Å². The monoisotopic (exact) mass is 501 g/mol. The first-order valence-electron chi connectivity index (χ1n) is 12.3. The van der Waals surface area contributed by atoms with Gasteiger partial charge in [-0.25, -0.2) is 0 Å². The van der Waals surface area contributed by atoms with Crippen molar-refractivity contribution in [2.75, 3.05) is 32.6 Å². The van der Waals surface area contributed by atoms with E-state index in [2.05, 4.69) is 5.32 Å². The number of aryl methyl sites for hydroxylation is 1. The van der Waals surface area contributed by atoms with E-state index in [1.54, 1.807) is 26.2 Å². The Balaban J connectivity index is 1.83. The van der Waals surface area contributed by atoms with E-state index in [-0.39, 0.29) is 31.2 Å². The van der Waals surface area contributed by atoms with Gasteiger partial charge in [0.15, 0.2) is 0 Å². The number of hydrogen-bond donors (Lipinski definition) is 2. The van der Waals surface area contributed by atoms with Crippen LogP contribution in [0.15, 0.2) is 24.3 Å². The summed E-state index contributed by atoms with van der Waals surface area (Å²) in [6.45, 7) is -0.280. The summed E-state index contributed by atoms with van der Waals surface area (Å²) in [6, 6.07) is 6.41. The smallest absolute Gasteiger partial charge is 0.325 e. The number of fused-ring (bicyclic) bond motifs is 1. The Morgan fingerprint density at radius 1 is 1.19 bits per heavy atom. The molecule has 1 saturated carbocycles. The maximum Gasteiger partial charge on any atom is 0.325 e. The lowest BCUT2D eigenvalue weighted by Gasteiger charge is -2.33. The van der Waals surface area contributed by atoms with E-state index in [0.29, 0.717) is 31.4 Å². The van der Waals surface area contributed by atoms with Crippen LogP contribution in [0, 0.1) is 11.3 Å². The molecule has 2 N–H and O–H groups in total. The third-order valence-corrected chi connectivity index (χ3v) is 7.32. The summed E-state index contributed by atoms with van der Waals surface area (Å²) >= 11 is 0. The Morgan fingerprint density at radius 2 is 1.86 bits per heavy atom. The highest BCUT2D eigenvalue weighted by Crippen LogP contribution is 2.44. The number of anilines is 1. The van der Waals surface area contributed by atoms with Crippen LogP contribution in [0.2, 0.25) is 0 Å². The number of ether oxygens (including phenoxy) is 1. The van der Waals surface area contributed by atoms with Crippen molar-refractivity contribution in [3.8, 4) is 0 Å². The molecule has 0 radical (unpaired) electrons. The highest BCUT2D eigenvalue weighted by Gasteiger charge is 2.46. The van der Waals surface area contributed by atoms with Crippen molar-refractivity contribution >= 4 is 35.3 Å². The van der Waals surface area contributed by atoms with Crippen LogP contribution in [0.25, 0.3) is 0 Å². The van der Waals surface area contributed by atoms with E-state index in [1.165, 1.54) is 16.9 Å². The van der Waals surface area contributed by atoms with Gasteiger partial charge in [0.1, 0.15) is 12.6 Å². The minimum atomic E-state index is -1.12. The second-order valence-electron chi connectivity index (χ2n) is 9.91. The van der Waals surface area contributed by atoms with Gasteiger partial charge in [0.05, 0.1) is 18.4 Å². The number of carbonyl (C=O) groups excluding carboxylic acids is 4. The molecular formula is C26H35N3O7. The molecule has 2 unspecified atom stereocenters. The number of nitrogens with one attached hydrogen (secondary N) is 1. The lowest BCUT2D eigenvalue weighted by molar-refractivity contribution is -0.148. The Kier molecular flexibility index (Phi) is 8.70. The van der Waals surface area contributed by atoms with Crippen LogP contribution in [-0.4, -0.2) is 73.5 Å². The topological polar surface area (TPSA) is 133 Å². The molecule has 10 heteroatoms. The number of carboxylic acid groups (broad SMARTS) is 1. The van der Waals surface area contributed by atoms with Gasteiger partial charge in [-0.2, -0.15) is 0 Å². The summed E-state index contributed by atoms with van der Waals surface area (Å²) in [6.07, 6.45) is 3.21. The van der Waals surface area contributed by atoms with Crippen LogP contribution >= 0.6 is 0 Å². The van der Waals surface area contributed by atoms with Gasteiger partial charge in [-0.05, 0) is 43.7 Å². The highest BCUT2D eigenvalue weighted by molar-refractivity contribution is 6.03. The molecule has 1 fully saturated rings. The average molecular weight is 502 g/mol. The molecule has 1 aliphatic carbocycles. The Labute approximate surface area is 211 Å². The number of nitrogens with zero attached hydrogens (tertiary/aromatic N) is 2. The molecular weight excluding hydrogens is 466 g/mol. The van der Waals surface area contributed by atoms with Gasteiger partial charge < -0.3 is 20.1 Å². The fraction of sp³-hybridized carbons (Fsp3) is 0.577. The Bertz CT molecular complexity index is 1020. The van der Waals surface area contributed by atoms with Gasteiger partial charge in [-0.15, -0.1) is 0 Å². The van der Waals surface area contributed by atoms with E-state index in [4.69, 9.17) is 4.74 Å². The number of methoxy groups -OCH3 is 1. The number of carboxylic acids is 1. The predicted octanol–water partition coefficient (Wildman–Crippen LogP) is 1.75. The van der Waals surface area contributed by atoms with Crippen molar-refractivity contribution in [1.82, 2.24) is 10.2 Å². The standard InChI is InChI=1S/C26H35N3O7/c1-28(2)21(30)14-18(24(33)34)15-26(12-6-7-13-26)25(35)27-19-11-10-17-8-4-5-9-20(17)29(23(19)32)16-22(31)36-3/h4-5,8-9,18-19H,6-7,10-16H2,1-3H3,(H,27,35)(H,33,34). The third kappa shape index (κ3) is 6.03. The number of carbonyl (C=O) groups is 5. The van der Waals surface area contributed by atoms with Gasteiger partial charge in [0.2, 0.25) is 17.7 Å². The number of hydrogen-bond acceptors (Lipinski definition) is 6. The molecule has 1 aromatic carbocycles. The largest absolute Gasteiger partial charge is 0.481 e. The highest BCUT2D eigenvalue weighted by atomic mass is 16.5. The van der Waals surface area contributed by atoms with Crippen LogP contribution in [0.5, 0.6) is 0 Å². The molecule has 1 aromatic rings. The number of aliphatic carboxylic acids is 1. The van der Waals surface area contributed by atoms with Crippen molar-refractivity contribution < 1.29 is 33.8 Å². The first kappa shape index (κ1) is 27.2. The fourth-order valence-corrected chi connectivity index (χ4v) is 5.21. The summed E-state index contributed by atoms with van der Waals surface area (Å²) in [5.74, 6) is -3.79.